The van der Waals surface area contributed by atoms with Crippen molar-refractivity contribution in [2.75, 3.05) is 5.73 Å². The molecule has 128 valence electrons. The van der Waals surface area contributed by atoms with Crippen LogP contribution in [0.5, 0.6) is 0 Å². The van der Waals surface area contributed by atoms with E-state index < -0.39 is 26.5 Å². The number of nitrogen functional groups attached to an aromatic ring is 1. The number of hydrogen-bond donors (Lipinski definition) is 2. The van der Waals surface area contributed by atoms with E-state index in [2.05, 4.69) is 0 Å². The molecule has 0 amide bonds. The highest BCUT2D eigenvalue weighted by Gasteiger charge is 2.32. The summed E-state index contributed by atoms with van der Waals surface area (Å²) in [5.74, 6) is -1.85. The SMILES string of the molecule is Nc1c(-c2ccc(F)cc2)sc(C(=O)O)c1S(=O)(=O)c1ccccc1. The first-order chi connectivity index (χ1) is 11.8. The van der Waals surface area contributed by atoms with E-state index in [1.165, 1.54) is 48.5 Å². The highest BCUT2D eigenvalue weighted by atomic mass is 32.2. The van der Waals surface area contributed by atoms with Gasteiger partial charge >= 0.3 is 5.97 Å². The van der Waals surface area contributed by atoms with Gasteiger partial charge in [0.2, 0.25) is 9.84 Å². The molecule has 0 bridgehead atoms. The Morgan fingerprint density at radius 3 is 2.20 bits per heavy atom. The summed E-state index contributed by atoms with van der Waals surface area (Å²) in [6.45, 7) is 0. The molecule has 3 N–H and O–H groups in total. The van der Waals surface area contributed by atoms with Crippen molar-refractivity contribution in [3.8, 4) is 10.4 Å². The zero-order chi connectivity index (χ0) is 18.2. The van der Waals surface area contributed by atoms with Crippen LogP contribution < -0.4 is 5.73 Å². The highest BCUT2D eigenvalue weighted by molar-refractivity contribution is 7.92. The highest BCUT2D eigenvalue weighted by Crippen LogP contribution is 2.43. The van der Waals surface area contributed by atoms with Crippen molar-refractivity contribution < 1.29 is 22.7 Å². The van der Waals surface area contributed by atoms with Gasteiger partial charge in [0.15, 0.2) is 0 Å². The second-order valence-corrected chi connectivity index (χ2v) is 8.04. The second-order valence-electron chi connectivity index (χ2n) is 5.13. The molecule has 5 nitrogen and oxygen atoms in total. The number of anilines is 1. The lowest BCUT2D eigenvalue weighted by Crippen LogP contribution is -2.09. The number of sulfone groups is 1. The van der Waals surface area contributed by atoms with Gasteiger partial charge in [0.1, 0.15) is 15.6 Å². The minimum absolute atomic E-state index is 0.0485. The predicted molar refractivity (Wildman–Crippen MR) is 93.0 cm³/mol. The molecular weight excluding hydrogens is 365 g/mol. The molecule has 3 rings (SSSR count). The maximum absolute atomic E-state index is 13.1. The zero-order valence-corrected chi connectivity index (χ0v) is 14.3. The lowest BCUT2D eigenvalue weighted by molar-refractivity contribution is 0.0698. The third-order valence-corrected chi connectivity index (χ3v) is 6.75. The van der Waals surface area contributed by atoms with Crippen molar-refractivity contribution in [2.45, 2.75) is 9.79 Å². The Bertz CT molecular complexity index is 1040. The molecule has 0 fully saturated rings. The van der Waals surface area contributed by atoms with Crippen LogP contribution in [-0.4, -0.2) is 19.5 Å². The fraction of sp³-hybridized carbons (Fsp3) is 0. The zero-order valence-electron chi connectivity index (χ0n) is 12.6. The molecule has 0 aliphatic heterocycles. The van der Waals surface area contributed by atoms with Crippen molar-refractivity contribution >= 4 is 32.8 Å². The molecular formula is C17H12FNO4S2. The average Bonchev–Trinajstić information content (AvgIpc) is 2.95. The number of benzene rings is 2. The van der Waals surface area contributed by atoms with Crippen molar-refractivity contribution in [1.82, 2.24) is 0 Å². The summed E-state index contributed by atoms with van der Waals surface area (Å²) in [5, 5.41) is 9.44. The van der Waals surface area contributed by atoms with Gasteiger partial charge in [0.25, 0.3) is 0 Å². The third kappa shape index (κ3) is 3.01. The van der Waals surface area contributed by atoms with Crippen LogP contribution in [-0.2, 0) is 9.84 Å². The van der Waals surface area contributed by atoms with Crippen LogP contribution in [0.2, 0.25) is 0 Å². The number of aromatic carboxylic acids is 1. The maximum atomic E-state index is 13.1. The van der Waals surface area contributed by atoms with Crippen LogP contribution in [0.3, 0.4) is 0 Å². The Balaban J connectivity index is 2.27. The van der Waals surface area contributed by atoms with Gasteiger partial charge in [-0.3, -0.25) is 0 Å². The van der Waals surface area contributed by atoms with Gasteiger partial charge in [-0.25, -0.2) is 17.6 Å². The van der Waals surface area contributed by atoms with Crippen molar-refractivity contribution in [3.05, 3.63) is 65.3 Å². The Morgan fingerprint density at radius 2 is 1.64 bits per heavy atom. The Morgan fingerprint density at radius 1 is 1.04 bits per heavy atom. The van der Waals surface area contributed by atoms with E-state index >= 15 is 0 Å². The van der Waals surface area contributed by atoms with E-state index in [1.54, 1.807) is 6.07 Å². The largest absolute Gasteiger partial charge is 0.477 e. The number of carboxylic acids is 1. The molecule has 0 aliphatic rings. The van der Waals surface area contributed by atoms with Crippen LogP contribution >= 0.6 is 11.3 Å². The Labute approximate surface area is 147 Å². The molecule has 0 atom stereocenters. The molecule has 0 spiro atoms. The minimum atomic E-state index is -4.11. The third-order valence-electron chi connectivity index (χ3n) is 3.52. The monoisotopic (exact) mass is 377 g/mol. The van der Waals surface area contributed by atoms with Crippen LogP contribution in [0, 0.1) is 5.82 Å². The summed E-state index contributed by atoms with van der Waals surface area (Å²) in [7, 11) is -4.11. The lowest BCUT2D eigenvalue weighted by atomic mass is 10.1. The summed E-state index contributed by atoms with van der Waals surface area (Å²) in [6.07, 6.45) is 0. The molecule has 1 heterocycles. The summed E-state index contributed by atoms with van der Waals surface area (Å²) in [5.41, 5.74) is 6.30. The van der Waals surface area contributed by atoms with Crippen LogP contribution in [0.15, 0.2) is 64.4 Å². The smallest absolute Gasteiger partial charge is 0.347 e. The number of halogens is 1. The van der Waals surface area contributed by atoms with E-state index in [-0.39, 0.29) is 20.3 Å². The van der Waals surface area contributed by atoms with Crippen molar-refractivity contribution in [3.63, 3.8) is 0 Å². The van der Waals surface area contributed by atoms with Gasteiger partial charge in [0.05, 0.1) is 15.5 Å². The van der Waals surface area contributed by atoms with E-state index in [0.717, 1.165) is 11.3 Å². The quantitative estimate of drug-likeness (QED) is 0.723. The number of carboxylic acid groups (broad SMARTS) is 1. The molecule has 0 saturated heterocycles. The molecule has 0 unspecified atom stereocenters. The standard InChI is InChI=1S/C17H12FNO4S2/c18-11-8-6-10(7-9-11)14-13(19)16(15(24-14)17(20)21)25(22,23)12-4-2-1-3-5-12/h1-9H,19H2,(H,20,21). The molecule has 0 radical (unpaired) electrons. The van der Waals surface area contributed by atoms with Crippen LogP contribution in [0.4, 0.5) is 10.1 Å². The molecule has 8 heteroatoms. The van der Waals surface area contributed by atoms with Gasteiger partial charge in [-0.2, -0.15) is 0 Å². The normalized spacial score (nSPS) is 11.4. The van der Waals surface area contributed by atoms with Gasteiger partial charge in [-0.15, -0.1) is 11.3 Å². The van der Waals surface area contributed by atoms with Gasteiger partial charge in [-0.05, 0) is 29.8 Å². The summed E-state index contributed by atoms with van der Waals surface area (Å²) >= 11 is 0.749. The van der Waals surface area contributed by atoms with E-state index in [1.807, 2.05) is 0 Å². The van der Waals surface area contributed by atoms with E-state index in [0.29, 0.717) is 5.56 Å². The lowest BCUT2D eigenvalue weighted by Gasteiger charge is -2.06. The van der Waals surface area contributed by atoms with Crippen LogP contribution in [0.25, 0.3) is 10.4 Å². The van der Waals surface area contributed by atoms with E-state index in [9.17, 15) is 22.7 Å². The first-order valence-electron chi connectivity index (χ1n) is 7.04. The Hall–Kier alpha value is -2.71. The molecule has 2 aromatic carbocycles. The second kappa shape index (κ2) is 6.30. The Kier molecular flexibility index (Phi) is 4.32. The van der Waals surface area contributed by atoms with Crippen LogP contribution in [0.1, 0.15) is 9.67 Å². The molecule has 25 heavy (non-hydrogen) atoms. The average molecular weight is 377 g/mol. The predicted octanol–water partition coefficient (Wildman–Crippen LogP) is 3.67. The maximum Gasteiger partial charge on any atom is 0.347 e. The fourth-order valence-corrected chi connectivity index (χ4v) is 5.32. The molecule has 1 aromatic heterocycles. The number of thiophene rings is 1. The first kappa shape index (κ1) is 17.1. The summed E-state index contributed by atoms with van der Waals surface area (Å²) in [4.78, 5) is 11.0. The molecule has 3 aromatic rings. The van der Waals surface area contributed by atoms with Gasteiger partial charge in [-0.1, -0.05) is 30.3 Å². The molecule has 0 saturated carbocycles. The summed E-state index contributed by atoms with van der Waals surface area (Å²) in [6, 6.07) is 12.7. The number of hydrogen-bond acceptors (Lipinski definition) is 5. The van der Waals surface area contributed by atoms with Gasteiger partial charge in [0, 0.05) is 0 Å². The number of nitrogens with two attached hydrogens (primary N) is 1. The summed E-state index contributed by atoms with van der Waals surface area (Å²) < 4.78 is 38.9. The molecule has 0 aliphatic carbocycles. The van der Waals surface area contributed by atoms with E-state index in [4.69, 9.17) is 5.73 Å². The van der Waals surface area contributed by atoms with Crippen molar-refractivity contribution in [2.24, 2.45) is 0 Å². The minimum Gasteiger partial charge on any atom is -0.477 e. The number of carbonyl (C=O) groups is 1. The fourth-order valence-electron chi connectivity index (χ4n) is 2.37. The van der Waals surface area contributed by atoms with Gasteiger partial charge < -0.3 is 10.8 Å². The topological polar surface area (TPSA) is 97.5 Å². The number of rotatable bonds is 4. The first-order valence-corrected chi connectivity index (χ1v) is 9.34. The van der Waals surface area contributed by atoms with Crippen molar-refractivity contribution in [1.29, 1.82) is 0 Å².